The third-order valence-corrected chi connectivity index (χ3v) is 2.31. The zero-order chi connectivity index (χ0) is 11.3. The fourth-order valence-electron chi connectivity index (χ4n) is 1.15. The maximum absolute atomic E-state index is 5.10. The van der Waals surface area contributed by atoms with Crippen LogP contribution in [0.1, 0.15) is 19.4 Å². The number of ether oxygens (including phenoxy) is 1. The first-order chi connectivity index (χ1) is 7.17. The van der Waals surface area contributed by atoms with Crippen LogP contribution in [0.4, 0.5) is 5.82 Å². The molecule has 0 aliphatic carbocycles. The van der Waals surface area contributed by atoms with Gasteiger partial charge in [-0.05, 0) is 20.1 Å². The molecule has 0 saturated heterocycles. The summed E-state index contributed by atoms with van der Waals surface area (Å²) >= 11 is 1.53. The molecule has 0 amide bonds. The summed E-state index contributed by atoms with van der Waals surface area (Å²) < 4.78 is 5.10. The van der Waals surface area contributed by atoms with Gasteiger partial charge in [-0.15, -0.1) is 0 Å². The molecule has 1 rings (SSSR count). The third kappa shape index (κ3) is 3.68. The monoisotopic (exact) mass is 227 g/mol. The van der Waals surface area contributed by atoms with Gasteiger partial charge in [0.15, 0.2) is 5.16 Å². The Hall–Kier alpha value is -0.810. The van der Waals surface area contributed by atoms with Crippen LogP contribution in [0.25, 0.3) is 0 Å². The van der Waals surface area contributed by atoms with Crippen LogP contribution in [0.15, 0.2) is 11.4 Å². The molecule has 0 radical (unpaired) electrons. The van der Waals surface area contributed by atoms with E-state index in [-0.39, 0.29) is 0 Å². The van der Waals surface area contributed by atoms with Crippen molar-refractivity contribution in [3.63, 3.8) is 0 Å². The Morgan fingerprint density at radius 2 is 2.27 bits per heavy atom. The lowest BCUT2D eigenvalue weighted by Gasteiger charge is -2.13. The minimum atomic E-state index is 0.352. The first-order valence-electron chi connectivity index (χ1n) is 4.82. The maximum Gasteiger partial charge on any atom is 0.189 e. The molecule has 1 aromatic heterocycles. The minimum absolute atomic E-state index is 0.352. The summed E-state index contributed by atoms with van der Waals surface area (Å²) in [6.45, 7) is 4.69. The zero-order valence-corrected chi connectivity index (χ0v) is 10.4. The summed E-state index contributed by atoms with van der Waals surface area (Å²) in [5.74, 6) is 0.867. The number of hydrogen-bond acceptors (Lipinski definition) is 5. The SMILES string of the molecule is COCc1cnc(SC)nc1NC(C)C. The van der Waals surface area contributed by atoms with Crippen LogP contribution in [0.5, 0.6) is 0 Å². The highest BCUT2D eigenvalue weighted by Crippen LogP contribution is 2.17. The van der Waals surface area contributed by atoms with Crippen molar-refractivity contribution < 1.29 is 4.74 Å². The molecule has 4 nitrogen and oxygen atoms in total. The maximum atomic E-state index is 5.10. The summed E-state index contributed by atoms with van der Waals surface area (Å²) in [5, 5.41) is 4.06. The molecule has 15 heavy (non-hydrogen) atoms. The van der Waals surface area contributed by atoms with Crippen LogP contribution in [0.3, 0.4) is 0 Å². The molecule has 0 saturated carbocycles. The summed E-state index contributed by atoms with van der Waals surface area (Å²) in [4.78, 5) is 8.63. The van der Waals surface area contributed by atoms with Crippen molar-refractivity contribution >= 4 is 17.6 Å². The van der Waals surface area contributed by atoms with Gasteiger partial charge >= 0.3 is 0 Å². The predicted octanol–water partition coefficient (Wildman–Crippen LogP) is 2.17. The van der Waals surface area contributed by atoms with E-state index in [0.717, 1.165) is 16.5 Å². The summed E-state index contributed by atoms with van der Waals surface area (Å²) in [5.41, 5.74) is 0.990. The van der Waals surface area contributed by atoms with E-state index in [0.29, 0.717) is 12.6 Å². The number of rotatable bonds is 5. The van der Waals surface area contributed by atoms with Crippen LogP contribution in [-0.4, -0.2) is 29.4 Å². The summed E-state index contributed by atoms with van der Waals surface area (Å²) in [6.07, 6.45) is 3.78. The average Bonchev–Trinajstić information content (AvgIpc) is 2.20. The summed E-state index contributed by atoms with van der Waals surface area (Å²) in [7, 11) is 1.67. The first kappa shape index (κ1) is 12.3. The number of methoxy groups -OCH3 is 1. The van der Waals surface area contributed by atoms with Crippen molar-refractivity contribution in [3.8, 4) is 0 Å². The Morgan fingerprint density at radius 3 is 2.80 bits per heavy atom. The van der Waals surface area contributed by atoms with Crippen molar-refractivity contribution in [1.82, 2.24) is 9.97 Å². The molecule has 0 unspecified atom stereocenters. The van der Waals surface area contributed by atoms with Gasteiger partial charge in [-0.2, -0.15) is 0 Å². The largest absolute Gasteiger partial charge is 0.380 e. The molecule has 1 N–H and O–H groups in total. The van der Waals surface area contributed by atoms with Gasteiger partial charge in [0.2, 0.25) is 0 Å². The second-order valence-corrected chi connectivity index (χ2v) is 4.24. The molecule has 84 valence electrons. The molecule has 0 bridgehead atoms. The first-order valence-corrected chi connectivity index (χ1v) is 6.05. The molecule has 1 heterocycles. The Labute approximate surface area is 94.8 Å². The zero-order valence-electron chi connectivity index (χ0n) is 9.57. The highest BCUT2D eigenvalue weighted by molar-refractivity contribution is 7.98. The third-order valence-electron chi connectivity index (χ3n) is 1.75. The Morgan fingerprint density at radius 1 is 1.53 bits per heavy atom. The van der Waals surface area contributed by atoms with Crippen molar-refractivity contribution in [2.24, 2.45) is 0 Å². The van der Waals surface area contributed by atoms with Crippen molar-refractivity contribution in [2.45, 2.75) is 31.7 Å². The molecule has 0 aromatic carbocycles. The lowest BCUT2D eigenvalue weighted by atomic mass is 10.3. The number of nitrogens with one attached hydrogen (secondary N) is 1. The van der Waals surface area contributed by atoms with Gasteiger partial charge in [-0.1, -0.05) is 11.8 Å². The topological polar surface area (TPSA) is 47.0 Å². The van der Waals surface area contributed by atoms with Crippen LogP contribution in [0, 0.1) is 0 Å². The second kappa shape index (κ2) is 5.92. The fraction of sp³-hybridized carbons (Fsp3) is 0.600. The van der Waals surface area contributed by atoms with Crippen LogP contribution >= 0.6 is 11.8 Å². The van der Waals surface area contributed by atoms with Crippen molar-refractivity contribution in [1.29, 1.82) is 0 Å². The molecule has 1 aromatic rings. The van der Waals surface area contributed by atoms with Gasteiger partial charge in [-0.3, -0.25) is 0 Å². The number of nitrogens with zero attached hydrogens (tertiary/aromatic N) is 2. The van der Waals surface area contributed by atoms with E-state index >= 15 is 0 Å². The normalized spacial score (nSPS) is 10.7. The van der Waals surface area contributed by atoms with E-state index in [2.05, 4.69) is 29.1 Å². The molecule has 0 aliphatic heterocycles. The molecule has 5 heteroatoms. The molecule has 0 fully saturated rings. The minimum Gasteiger partial charge on any atom is -0.380 e. The van der Waals surface area contributed by atoms with Crippen LogP contribution in [0.2, 0.25) is 0 Å². The number of anilines is 1. The smallest absolute Gasteiger partial charge is 0.189 e. The standard InChI is InChI=1S/C10H17N3OS/c1-7(2)12-9-8(6-14-3)5-11-10(13-9)15-4/h5,7H,6H2,1-4H3,(H,11,12,13). The fourth-order valence-corrected chi connectivity index (χ4v) is 1.49. The van der Waals surface area contributed by atoms with Crippen molar-refractivity contribution in [2.75, 3.05) is 18.7 Å². The van der Waals surface area contributed by atoms with Gasteiger partial charge in [0.25, 0.3) is 0 Å². The Balaban J connectivity index is 2.93. The lowest BCUT2D eigenvalue weighted by molar-refractivity contribution is 0.184. The van der Waals surface area contributed by atoms with Crippen LogP contribution in [-0.2, 0) is 11.3 Å². The van der Waals surface area contributed by atoms with E-state index in [1.165, 1.54) is 11.8 Å². The van der Waals surface area contributed by atoms with E-state index in [1.54, 1.807) is 7.11 Å². The lowest BCUT2D eigenvalue weighted by Crippen LogP contribution is -2.14. The van der Waals surface area contributed by atoms with Gasteiger partial charge in [0.1, 0.15) is 5.82 Å². The predicted molar refractivity (Wildman–Crippen MR) is 63.3 cm³/mol. The highest BCUT2D eigenvalue weighted by Gasteiger charge is 2.07. The Kier molecular flexibility index (Phi) is 4.84. The average molecular weight is 227 g/mol. The number of thioether (sulfide) groups is 1. The molecule has 0 aliphatic rings. The molecule has 0 atom stereocenters. The van der Waals surface area contributed by atoms with E-state index in [1.807, 2.05) is 12.5 Å². The second-order valence-electron chi connectivity index (χ2n) is 3.46. The van der Waals surface area contributed by atoms with Gasteiger partial charge in [-0.25, -0.2) is 9.97 Å². The molecular formula is C10H17N3OS. The quantitative estimate of drug-likeness (QED) is 0.617. The van der Waals surface area contributed by atoms with E-state index in [4.69, 9.17) is 4.74 Å². The summed E-state index contributed by atoms with van der Waals surface area (Å²) in [6, 6.07) is 0.352. The molecule has 0 spiro atoms. The van der Waals surface area contributed by atoms with Gasteiger partial charge in [0.05, 0.1) is 6.61 Å². The Bertz CT molecular complexity index is 318. The van der Waals surface area contributed by atoms with E-state index < -0.39 is 0 Å². The van der Waals surface area contributed by atoms with E-state index in [9.17, 15) is 0 Å². The number of hydrogen-bond donors (Lipinski definition) is 1. The van der Waals surface area contributed by atoms with Gasteiger partial charge in [0, 0.05) is 24.9 Å². The number of aromatic nitrogens is 2. The highest BCUT2D eigenvalue weighted by atomic mass is 32.2. The van der Waals surface area contributed by atoms with Crippen LogP contribution < -0.4 is 5.32 Å². The van der Waals surface area contributed by atoms with Crippen molar-refractivity contribution in [3.05, 3.63) is 11.8 Å². The van der Waals surface area contributed by atoms with Gasteiger partial charge < -0.3 is 10.1 Å². The molecular weight excluding hydrogens is 210 g/mol.